The van der Waals surface area contributed by atoms with E-state index in [2.05, 4.69) is 19.8 Å². The van der Waals surface area contributed by atoms with E-state index in [4.69, 9.17) is 6.42 Å². The second kappa shape index (κ2) is 3.63. The molecule has 0 rings (SSSR count). The number of hydrogen-bond acceptors (Lipinski definition) is 1. The van der Waals surface area contributed by atoms with Crippen molar-refractivity contribution in [3.63, 3.8) is 0 Å². The van der Waals surface area contributed by atoms with Crippen LogP contribution in [0.2, 0.25) is 0 Å². The Morgan fingerprint density at radius 2 is 2.10 bits per heavy atom. The Morgan fingerprint density at radius 1 is 1.60 bits per heavy atom. The third-order valence-electron chi connectivity index (χ3n) is 1.48. The maximum atomic E-state index is 9.27. The summed E-state index contributed by atoms with van der Waals surface area (Å²) in [7, 11) is 0. The van der Waals surface area contributed by atoms with E-state index in [1.807, 2.05) is 0 Å². The van der Waals surface area contributed by atoms with Gasteiger partial charge in [0.1, 0.15) is 5.60 Å². The quantitative estimate of drug-likeness (QED) is 0.591. The highest BCUT2D eigenvalue weighted by Gasteiger charge is 2.15. The largest absolute Gasteiger partial charge is 0.378 e. The molecule has 0 amide bonds. The normalized spacial score (nSPS) is 16.4. The van der Waals surface area contributed by atoms with E-state index >= 15 is 0 Å². The molecular weight excluding hydrogens is 124 g/mol. The van der Waals surface area contributed by atoms with E-state index in [9.17, 15) is 5.11 Å². The van der Waals surface area contributed by atoms with Crippen molar-refractivity contribution in [3.05, 3.63) is 6.42 Å². The van der Waals surface area contributed by atoms with E-state index < -0.39 is 5.60 Å². The van der Waals surface area contributed by atoms with Crippen LogP contribution in [0.3, 0.4) is 0 Å². The smallest absolute Gasteiger partial charge is 0.123 e. The van der Waals surface area contributed by atoms with Gasteiger partial charge in [-0.1, -0.05) is 19.8 Å². The lowest BCUT2D eigenvalue weighted by Gasteiger charge is -2.16. The van der Waals surface area contributed by atoms with Crippen LogP contribution in [0.1, 0.15) is 33.6 Å². The molecule has 0 spiro atoms. The van der Waals surface area contributed by atoms with Crippen molar-refractivity contribution >= 4 is 0 Å². The molecule has 1 nitrogen and oxygen atoms in total. The molecule has 0 saturated carbocycles. The molecule has 0 aliphatic carbocycles. The van der Waals surface area contributed by atoms with Gasteiger partial charge >= 0.3 is 0 Å². The molecule has 0 aromatic heterocycles. The lowest BCUT2D eigenvalue weighted by molar-refractivity contribution is 0.105. The van der Waals surface area contributed by atoms with Crippen LogP contribution in [0.5, 0.6) is 0 Å². The molecule has 0 fully saturated rings. The monoisotopic (exact) mass is 139 g/mol. The molecule has 0 heterocycles. The van der Waals surface area contributed by atoms with Crippen LogP contribution in [0.15, 0.2) is 0 Å². The molecule has 1 atom stereocenters. The molecule has 0 saturated heterocycles. The van der Waals surface area contributed by atoms with Crippen LogP contribution in [0.4, 0.5) is 0 Å². The van der Waals surface area contributed by atoms with Gasteiger partial charge in [0.25, 0.3) is 0 Å². The Morgan fingerprint density at radius 3 is 2.40 bits per heavy atom. The van der Waals surface area contributed by atoms with Gasteiger partial charge in [0.2, 0.25) is 0 Å². The Labute approximate surface area is 63.5 Å². The number of rotatable bonds is 3. The molecule has 0 aliphatic heterocycles. The first-order valence-corrected chi connectivity index (χ1v) is 3.64. The van der Waals surface area contributed by atoms with Crippen LogP contribution >= 0.6 is 0 Å². The minimum atomic E-state index is -1.01. The van der Waals surface area contributed by atoms with Crippen LogP contribution in [-0.4, -0.2) is 10.7 Å². The molecule has 0 aromatic rings. The maximum absolute atomic E-state index is 9.27. The topological polar surface area (TPSA) is 20.2 Å². The van der Waals surface area contributed by atoms with Crippen LogP contribution < -0.4 is 0 Å². The van der Waals surface area contributed by atoms with Crippen molar-refractivity contribution in [3.8, 4) is 5.92 Å². The molecule has 0 aromatic carbocycles. The van der Waals surface area contributed by atoms with Gasteiger partial charge in [-0.15, -0.1) is 0 Å². The first kappa shape index (κ1) is 9.52. The summed E-state index contributed by atoms with van der Waals surface area (Å²) in [5.41, 5.74) is -1.01. The summed E-state index contributed by atoms with van der Waals surface area (Å²) in [6.07, 6.45) is 8.33. The molecule has 1 unspecified atom stereocenters. The van der Waals surface area contributed by atoms with Crippen molar-refractivity contribution in [1.82, 2.24) is 0 Å². The Bertz CT molecular complexity index is 128. The van der Waals surface area contributed by atoms with Gasteiger partial charge in [-0.3, -0.25) is 0 Å². The third kappa shape index (κ3) is 4.40. The molecule has 1 heteroatoms. The zero-order valence-electron chi connectivity index (χ0n) is 6.94. The predicted octanol–water partition coefficient (Wildman–Crippen LogP) is 1.76. The van der Waals surface area contributed by atoms with Crippen LogP contribution in [0, 0.1) is 18.3 Å². The summed E-state index contributed by atoms with van der Waals surface area (Å²) in [4.78, 5) is 0. The highest BCUT2D eigenvalue weighted by molar-refractivity contribution is 4.99. The second-order valence-electron chi connectivity index (χ2n) is 3.33. The zero-order chi connectivity index (χ0) is 8.20. The lowest BCUT2D eigenvalue weighted by atomic mass is 9.96. The van der Waals surface area contributed by atoms with E-state index in [0.29, 0.717) is 12.3 Å². The third-order valence-corrected chi connectivity index (χ3v) is 1.48. The van der Waals surface area contributed by atoms with E-state index in [1.165, 1.54) is 0 Å². The molecule has 10 heavy (non-hydrogen) atoms. The van der Waals surface area contributed by atoms with E-state index in [0.717, 1.165) is 6.42 Å². The molecular formula is C9H15O. The summed E-state index contributed by atoms with van der Waals surface area (Å²) >= 11 is 0. The van der Waals surface area contributed by atoms with Crippen molar-refractivity contribution in [2.75, 3.05) is 0 Å². The maximum Gasteiger partial charge on any atom is 0.123 e. The standard InChI is InChI=1S/C9H15O/c1-5-9(4,10)7-6-8(2)3/h8,10H,6-7H2,2-4H3. The minimum Gasteiger partial charge on any atom is -0.378 e. The average Bonchev–Trinajstić information content (AvgIpc) is 1.85. The zero-order valence-corrected chi connectivity index (χ0v) is 6.94. The first-order valence-electron chi connectivity index (χ1n) is 3.64. The van der Waals surface area contributed by atoms with Crippen molar-refractivity contribution < 1.29 is 5.11 Å². The number of aliphatic hydroxyl groups is 1. The summed E-state index contributed by atoms with van der Waals surface area (Å²) in [5, 5.41) is 9.27. The summed E-state index contributed by atoms with van der Waals surface area (Å²) in [5.74, 6) is 2.69. The fourth-order valence-corrected chi connectivity index (χ4v) is 0.632. The Balaban J connectivity index is 3.60. The van der Waals surface area contributed by atoms with Gasteiger partial charge in [0.05, 0.1) is 0 Å². The van der Waals surface area contributed by atoms with E-state index in [-0.39, 0.29) is 0 Å². The van der Waals surface area contributed by atoms with Crippen molar-refractivity contribution in [1.29, 1.82) is 0 Å². The van der Waals surface area contributed by atoms with Gasteiger partial charge < -0.3 is 5.11 Å². The fourth-order valence-electron chi connectivity index (χ4n) is 0.632. The first-order chi connectivity index (χ1) is 4.48. The van der Waals surface area contributed by atoms with Crippen LogP contribution in [0.25, 0.3) is 0 Å². The predicted molar refractivity (Wildman–Crippen MR) is 41.8 cm³/mol. The van der Waals surface area contributed by atoms with Crippen molar-refractivity contribution in [2.24, 2.45) is 5.92 Å². The molecule has 0 aliphatic rings. The van der Waals surface area contributed by atoms with E-state index in [1.54, 1.807) is 6.92 Å². The molecule has 1 radical (unpaired) electrons. The summed E-state index contributed by atoms with van der Waals surface area (Å²) in [6, 6.07) is 0. The highest BCUT2D eigenvalue weighted by atomic mass is 16.3. The minimum absolute atomic E-state index is 0.583. The fraction of sp³-hybridized carbons (Fsp3) is 0.778. The summed E-state index contributed by atoms with van der Waals surface area (Å²) in [6.45, 7) is 5.81. The SMILES string of the molecule is [C]#CC(C)(O)CCC(C)C. The molecule has 1 N–H and O–H groups in total. The van der Waals surface area contributed by atoms with Gasteiger partial charge in [0, 0.05) is 0 Å². The van der Waals surface area contributed by atoms with Gasteiger partial charge in [0.15, 0.2) is 0 Å². The average molecular weight is 139 g/mol. The van der Waals surface area contributed by atoms with Gasteiger partial charge in [-0.25, -0.2) is 0 Å². The molecule has 0 bridgehead atoms. The summed E-state index contributed by atoms with van der Waals surface area (Å²) < 4.78 is 0. The van der Waals surface area contributed by atoms with Gasteiger partial charge in [-0.05, 0) is 32.1 Å². The second-order valence-corrected chi connectivity index (χ2v) is 3.33. The Kier molecular flexibility index (Phi) is 3.46. The molecule has 57 valence electrons. The van der Waals surface area contributed by atoms with Gasteiger partial charge in [-0.2, -0.15) is 0 Å². The Hall–Kier alpha value is -0.480. The number of hydrogen-bond donors (Lipinski definition) is 1. The highest BCUT2D eigenvalue weighted by Crippen LogP contribution is 2.14. The van der Waals surface area contributed by atoms with Crippen molar-refractivity contribution in [2.45, 2.75) is 39.2 Å². The lowest BCUT2D eigenvalue weighted by Crippen LogP contribution is -2.21. The van der Waals surface area contributed by atoms with Crippen LogP contribution in [-0.2, 0) is 0 Å².